The van der Waals surface area contributed by atoms with Gasteiger partial charge in [-0.3, -0.25) is 4.79 Å². The number of amides is 1. The highest BCUT2D eigenvalue weighted by atomic mass is 32.2. The second-order valence-corrected chi connectivity index (χ2v) is 5.75. The van der Waals surface area contributed by atoms with Crippen molar-refractivity contribution in [1.82, 2.24) is 8.61 Å². The van der Waals surface area contributed by atoms with Gasteiger partial charge < -0.3 is 5.11 Å². The highest BCUT2D eigenvalue weighted by molar-refractivity contribution is 7.87. The summed E-state index contributed by atoms with van der Waals surface area (Å²) in [5.74, 6) is -1.95. The van der Waals surface area contributed by atoms with Crippen LogP contribution in [-0.4, -0.2) is 54.1 Å². The first-order valence-corrected chi connectivity index (χ1v) is 6.15. The van der Waals surface area contributed by atoms with Crippen LogP contribution < -0.4 is 0 Å². The Labute approximate surface area is 93.8 Å². The van der Waals surface area contributed by atoms with Crippen molar-refractivity contribution < 1.29 is 23.1 Å². The van der Waals surface area contributed by atoms with Gasteiger partial charge in [-0.2, -0.15) is 12.7 Å². The maximum absolute atomic E-state index is 11.8. The Bertz CT molecular complexity index is 403. The maximum Gasteiger partial charge on any atom is 0.327 e. The fourth-order valence-corrected chi connectivity index (χ4v) is 2.75. The Kier molecular flexibility index (Phi) is 3.54. The molecule has 16 heavy (non-hydrogen) atoms. The Hall–Kier alpha value is -1.15. The lowest BCUT2D eigenvalue weighted by Crippen LogP contribution is -2.54. The Balaban J connectivity index is 3.14. The second-order valence-electron chi connectivity index (χ2n) is 3.73. The first-order valence-electron chi connectivity index (χ1n) is 4.76. The fraction of sp³-hybridized carbons (Fsp3) is 0.750. The molecule has 92 valence electrons. The van der Waals surface area contributed by atoms with Crippen LogP contribution in [0.4, 0.5) is 0 Å². The molecule has 0 bridgehead atoms. The quantitative estimate of drug-likeness (QED) is 0.711. The summed E-state index contributed by atoms with van der Waals surface area (Å²) < 4.78 is 24.9. The molecule has 1 saturated heterocycles. The van der Waals surface area contributed by atoms with Crippen molar-refractivity contribution in [2.45, 2.75) is 25.3 Å². The highest BCUT2D eigenvalue weighted by Crippen LogP contribution is 2.22. The molecule has 0 aliphatic carbocycles. The van der Waals surface area contributed by atoms with Crippen LogP contribution >= 0.6 is 0 Å². The highest BCUT2D eigenvalue weighted by Gasteiger charge is 2.42. The number of carboxylic acids is 1. The number of rotatable bonds is 3. The molecule has 0 spiro atoms. The van der Waals surface area contributed by atoms with E-state index in [1.807, 2.05) is 0 Å². The molecule has 0 saturated carbocycles. The molecular formula is C8H14N2O5S. The second kappa shape index (κ2) is 4.38. The lowest BCUT2D eigenvalue weighted by Gasteiger charge is -2.33. The summed E-state index contributed by atoms with van der Waals surface area (Å²) in [6.07, 6.45) is 0.625. The fourth-order valence-electron chi connectivity index (χ4n) is 1.54. The van der Waals surface area contributed by atoms with Crippen molar-refractivity contribution >= 4 is 22.1 Å². The maximum atomic E-state index is 11.8. The van der Waals surface area contributed by atoms with Gasteiger partial charge in [-0.15, -0.1) is 0 Å². The summed E-state index contributed by atoms with van der Waals surface area (Å²) in [7, 11) is -1.49. The van der Waals surface area contributed by atoms with E-state index < -0.39 is 28.1 Å². The van der Waals surface area contributed by atoms with Crippen molar-refractivity contribution in [3.63, 3.8) is 0 Å². The zero-order chi connectivity index (χ0) is 12.5. The van der Waals surface area contributed by atoms with E-state index >= 15 is 0 Å². The summed E-state index contributed by atoms with van der Waals surface area (Å²) in [6.45, 7) is 0. The molecule has 1 N–H and O–H groups in total. The van der Waals surface area contributed by atoms with E-state index in [1.54, 1.807) is 0 Å². The minimum Gasteiger partial charge on any atom is -0.480 e. The molecule has 1 fully saturated rings. The summed E-state index contributed by atoms with van der Waals surface area (Å²) in [5, 5.41) is 8.89. The van der Waals surface area contributed by atoms with E-state index in [2.05, 4.69) is 0 Å². The normalized spacial score (nSPS) is 22.6. The minimum absolute atomic E-state index is 0.0663. The third kappa shape index (κ3) is 2.17. The van der Waals surface area contributed by atoms with Gasteiger partial charge >= 0.3 is 16.2 Å². The third-order valence-corrected chi connectivity index (χ3v) is 4.27. The molecule has 1 amide bonds. The zero-order valence-electron chi connectivity index (χ0n) is 9.08. The number of aliphatic carboxylic acids is 1. The summed E-state index contributed by atoms with van der Waals surface area (Å²) >= 11 is 0. The molecular weight excluding hydrogens is 236 g/mol. The number of hydrogen-bond acceptors (Lipinski definition) is 4. The Morgan fingerprint density at radius 2 is 2.06 bits per heavy atom. The van der Waals surface area contributed by atoms with E-state index in [1.165, 1.54) is 14.1 Å². The smallest absolute Gasteiger partial charge is 0.327 e. The van der Waals surface area contributed by atoms with Gasteiger partial charge in [-0.1, -0.05) is 0 Å². The predicted molar refractivity (Wildman–Crippen MR) is 54.7 cm³/mol. The van der Waals surface area contributed by atoms with Crippen LogP contribution in [0.3, 0.4) is 0 Å². The van der Waals surface area contributed by atoms with E-state index in [-0.39, 0.29) is 12.8 Å². The van der Waals surface area contributed by atoms with Crippen LogP contribution in [0, 0.1) is 0 Å². The summed E-state index contributed by atoms with van der Waals surface area (Å²) in [6, 6.07) is -1.28. The monoisotopic (exact) mass is 250 g/mol. The van der Waals surface area contributed by atoms with Crippen molar-refractivity contribution in [1.29, 1.82) is 0 Å². The van der Waals surface area contributed by atoms with Crippen LogP contribution in [0.5, 0.6) is 0 Å². The molecule has 0 aromatic rings. The van der Waals surface area contributed by atoms with Crippen LogP contribution in [0.2, 0.25) is 0 Å². The lowest BCUT2D eigenvalue weighted by atomic mass is 10.0. The van der Waals surface area contributed by atoms with Crippen LogP contribution in [0.1, 0.15) is 19.3 Å². The zero-order valence-corrected chi connectivity index (χ0v) is 9.90. The van der Waals surface area contributed by atoms with Gasteiger partial charge in [0.15, 0.2) is 0 Å². The molecule has 0 aromatic heterocycles. The predicted octanol–water partition coefficient (Wildman–Crippen LogP) is -0.741. The standard InChI is InChI=1S/C8H14N2O5S/c1-9(2)16(14,15)10-6(8(12)13)4-3-5-7(10)11/h6H,3-5H2,1-2H3,(H,12,13). The van der Waals surface area contributed by atoms with Gasteiger partial charge in [0.2, 0.25) is 5.91 Å². The molecule has 0 radical (unpaired) electrons. The molecule has 1 aliphatic heterocycles. The van der Waals surface area contributed by atoms with Crippen LogP contribution in [0.25, 0.3) is 0 Å². The van der Waals surface area contributed by atoms with Gasteiger partial charge in [0.25, 0.3) is 0 Å². The van der Waals surface area contributed by atoms with E-state index in [0.29, 0.717) is 10.7 Å². The molecule has 1 heterocycles. The van der Waals surface area contributed by atoms with Crippen LogP contribution in [0.15, 0.2) is 0 Å². The number of carbonyl (C=O) groups excluding carboxylic acids is 1. The average molecular weight is 250 g/mol. The van der Waals surface area contributed by atoms with E-state index in [4.69, 9.17) is 5.11 Å². The summed E-state index contributed by atoms with van der Waals surface area (Å²) in [4.78, 5) is 22.4. The molecule has 7 nitrogen and oxygen atoms in total. The minimum atomic E-state index is -4.01. The van der Waals surface area contributed by atoms with Crippen molar-refractivity contribution in [2.24, 2.45) is 0 Å². The topological polar surface area (TPSA) is 95.0 Å². The van der Waals surface area contributed by atoms with Gasteiger partial charge in [0, 0.05) is 20.5 Å². The summed E-state index contributed by atoms with van der Waals surface area (Å²) in [5.41, 5.74) is 0. The number of carbonyl (C=O) groups is 2. The van der Waals surface area contributed by atoms with Crippen molar-refractivity contribution in [2.75, 3.05) is 14.1 Å². The lowest BCUT2D eigenvalue weighted by molar-refractivity contribution is -0.148. The van der Waals surface area contributed by atoms with E-state index in [9.17, 15) is 18.0 Å². The van der Waals surface area contributed by atoms with Gasteiger partial charge in [-0.25, -0.2) is 9.10 Å². The first-order chi connectivity index (χ1) is 7.28. The Morgan fingerprint density at radius 3 is 2.50 bits per heavy atom. The number of hydrogen-bond donors (Lipinski definition) is 1. The molecule has 8 heteroatoms. The van der Waals surface area contributed by atoms with Crippen LogP contribution in [-0.2, 0) is 19.8 Å². The number of piperidine rings is 1. The average Bonchev–Trinajstić information content (AvgIpc) is 2.16. The SMILES string of the molecule is CN(C)S(=O)(=O)N1C(=O)CCCC1C(=O)O. The van der Waals surface area contributed by atoms with Gasteiger partial charge in [0.1, 0.15) is 6.04 Å². The third-order valence-electron chi connectivity index (χ3n) is 2.39. The number of carboxylic acid groups (broad SMARTS) is 1. The number of nitrogens with zero attached hydrogens (tertiary/aromatic N) is 2. The molecule has 1 atom stereocenters. The van der Waals surface area contributed by atoms with Gasteiger partial charge in [0.05, 0.1) is 0 Å². The Morgan fingerprint density at radius 1 is 1.50 bits per heavy atom. The molecule has 1 aliphatic rings. The van der Waals surface area contributed by atoms with Gasteiger partial charge in [-0.05, 0) is 12.8 Å². The van der Waals surface area contributed by atoms with E-state index in [0.717, 1.165) is 4.31 Å². The molecule has 0 aromatic carbocycles. The largest absolute Gasteiger partial charge is 0.480 e. The molecule has 1 unspecified atom stereocenters. The van der Waals surface area contributed by atoms with Crippen molar-refractivity contribution in [3.8, 4) is 0 Å². The van der Waals surface area contributed by atoms with Crippen molar-refractivity contribution in [3.05, 3.63) is 0 Å². The first kappa shape index (κ1) is 12.9. The molecule has 1 rings (SSSR count).